The zero-order valence-electron chi connectivity index (χ0n) is 12.7. The molecule has 1 aromatic rings. The minimum atomic E-state index is -0.335. The van der Waals surface area contributed by atoms with Crippen molar-refractivity contribution < 1.29 is 5.11 Å². The second-order valence-electron chi connectivity index (χ2n) is 7.49. The quantitative estimate of drug-likeness (QED) is 0.811. The third-order valence-corrected chi connectivity index (χ3v) is 3.33. The fraction of sp³-hybridized carbons (Fsp3) is 0.647. The Morgan fingerprint density at radius 2 is 1.44 bits per heavy atom. The zero-order chi connectivity index (χ0) is 14.0. The Kier molecular flexibility index (Phi) is 4.61. The number of hydrogen-bond donors (Lipinski definition) is 1. The highest BCUT2D eigenvalue weighted by atomic mass is 16.3. The first kappa shape index (κ1) is 15.2. The molecule has 0 aromatic heterocycles. The summed E-state index contributed by atoms with van der Waals surface area (Å²) >= 11 is 0. The molecule has 0 spiro atoms. The third-order valence-electron chi connectivity index (χ3n) is 3.33. The Labute approximate surface area is 112 Å². The van der Waals surface area contributed by atoms with Gasteiger partial charge in [-0.15, -0.1) is 0 Å². The Morgan fingerprint density at radius 1 is 0.944 bits per heavy atom. The monoisotopic (exact) mass is 248 g/mol. The van der Waals surface area contributed by atoms with E-state index in [9.17, 15) is 5.11 Å². The van der Waals surface area contributed by atoms with Crippen molar-refractivity contribution in [3.05, 3.63) is 35.4 Å². The van der Waals surface area contributed by atoms with Crippen molar-refractivity contribution in [1.82, 2.24) is 0 Å². The van der Waals surface area contributed by atoms with E-state index in [4.69, 9.17) is 0 Å². The summed E-state index contributed by atoms with van der Waals surface area (Å²) in [6.45, 7) is 13.3. The molecule has 1 rings (SSSR count). The van der Waals surface area contributed by atoms with Crippen molar-refractivity contribution in [3.63, 3.8) is 0 Å². The molecular formula is C17H28O. The summed E-state index contributed by atoms with van der Waals surface area (Å²) in [4.78, 5) is 0. The van der Waals surface area contributed by atoms with Crippen LogP contribution in [0.1, 0.15) is 71.6 Å². The van der Waals surface area contributed by atoms with Crippen LogP contribution < -0.4 is 0 Å². The molecule has 0 aliphatic carbocycles. The lowest BCUT2D eigenvalue weighted by Gasteiger charge is -2.22. The van der Waals surface area contributed by atoms with Gasteiger partial charge in [-0.3, -0.25) is 0 Å². The second-order valence-corrected chi connectivity index (χ2v) is 7.49. The van der Waals surface area contributed by atoms with Gasteiger partial charge in [0.1, 0.15) is 0 Å². The van der Waals surface area contributed by atoms with Gasteiger partial charge in [-0.1, -0.05) is 65.8 Å². The maximum atomic E-state index is 10.2. The Balaban J connectivity index is 2.68. The molecule has 1 unspecified atom stereocenters. The Morgan fingerprint density at radius 3 is 1.83 bits per heavy atom. The molecule has 18 heavy (non-hydrogen) atoms. The molecule has 0 fully saturated rings. The number of aliphatic hydroxyl groups excluding tert-OH is 1. The van der Waals surface area contributed by atoms with E-state index in [2.05, 4.69) is 65.8 Å². The van der Waals surface area contributed by atoms with Crippen LogP contribution in [-0.2, 0) is 5.41 Å². The van der Waals surface area contributed by atoms with E-state index in [0.29, 0.717) is 0 Å². The maximum absolute atomic E-state index is 10.2. The summed E-state index contributed by atoms with van der Waals surface area (Å²) in [5.41, 5.74) is 2.81. The average Bonchev–Trinajstić information content (AvgIpc) is 2.24. The van der Waals surface area contributed by atoms with Crippen molar-refractivity contribution in [2.75, 3.05) is 0 Å². The highest BCUT2D eigenvalue weighted by Gasteiger charge is 2.16. The van der Waals surface area contributed by atoms with E-state index >= 15 is 0 Å². The first-order valence-corrected chi connectivity index (χ1v) is 6.88. The van der Waals surface area contributed by atoms with Crippen molar-refractivity contribution in [3.8, 4) is 0 Å². The molecule has 0 aliphatic rings. The fourth-order valence-electron chi connectivity index (χ4n) is 1.94. The second kappa shape index (κ2) is 5.44. The maximum Gasteiger partial charge on any atom is 0.0790 e. The highest BCUT2D eigenvalue weighted by Crippen LogP contribution is 2.29. The van der Waals surface area contributed by atoms with E-state index in [-0.39, 0.29) is 16.9 Å². The first-order valence-electron chi connectivity index (χ1n) is 6.88. The Bertz CT molecular complexity index is 362. The van der Waals surface area contributed by atoms with Crippen LogP contribution in [0.15, 0.2) is 24.3 Å². The summed E-state index contributed by atoms with van der Waals surface area (Å²) in [5.74, 6) is 0. The highest BCUT2D eigenvalue weighted by molar-refractivity contribution is 5.28. The van der Waals surface area contributed by atoms with Crippen LogP contribution in [0.3, 0.4) is 0 Å². The topological polar surface area (TPSA) is 20.2 Å². The van der Waals surface area contributed by atoms with E-state index in [1.165, 1.54) is 5.56 Å². The lowest BCUT2D eigenvalue weighted by Crippen LogP contribution is -2.11. The van der Waals surface area contributed by atoms with Crippen molar-refractivity contribution in [1.29, 1.82) is 0 Å². The van der Waals surface area contributed by atoms with Gasteiger partial charge >= 0.3 is 0 Å². The van der Waals surface area contributed by atoms with Gasteiger partial charge in [0.25, 0.3) is 0 Å². The molecule has 1 atom stereocenters. The predicted molar refractivity (Wildman–Crippen MR) is 78.8 cm³/mol. The van der Waals surface area contributed by atoms with Gasteiger partial charge in [0.05, 0.1) is 6.10 Å². The molecule has 0 saturated carbocycles. The lowest BCUT2D eigenvalue weighted by atomic mass is 9.85. The molecule has 0 bridgehead atoms. The molecule has 0 radical (unpaired) electrons. The van der Waals surface area contributed by atoms with Crippen LogP contribution in [-0.4, -0.2) is 5.11 Å². The van der Waals surface area contributed by atoms with Crippen LogP contribution in [0.5, 0.6) is 0 Å². The minimum Gasteiger partial charge on any atom is -0.388 e. The fourth-order valence-corrected chi connectivity index (χ4v) is 1.94. The number of hydrogen-bond acceptors (Lipinski definition) is 1. The summed E-state index contributed by atoms with van der Waals surface area (Å²) in [6.07, 6.45) is 1.53. The largest absolute Gasteiger partial charge is 0.388 e. The molecule has 0 saturated heterocycles. The molecule has 0 heterocycles. The van der Waals surface area contributed by atoms with E-state index < -0.39 is 0 Å². The summed E-state index contributed by atoms with van der Waals surface area (Å²) in [5, 5.41) is 10.2. The van der Waals surface area contributed by atoms with Crippen molar-refractivity contribution >= 4 is 0 Å². The number of aliphatic hydroxyl groups is 1. The molecular weight excluding hydrogens is 220 g/mol. The zero-order valence-corrected chi connectivity index (χ0v) is 12.7. The number of benzene rings is 1. The van der Waals surface area contributed by atoms with Crippen molar-refractivity contribution in [2.45, 2.75) is 65.9 Å². The number of rotatable bonds is 3. The Hall–Kier alpha value is -0.820. The van der Waals surface area contributed by atoms with Crippen LogP contribution in [0, 0.1) is 5.41 Å². The van der Waals surface area contributed by atoms with Crippen LogP contribution in [0.2, 0.25) is 0 Å². The van der Waals surface area contributed by atoms with Gasteiger partial charge in [-0.2, -0.15) is 0 Å². The predicted octanol–water partition coefficient (Wildman–Crippen LogP) is 4.84. The first-order chi connectivity index (χ1) is 8.09. The summed E-state index contributed by atoms with van der Waals surface area (Å²) in [6, 6.07) is 8.40. The van der Waals surface area contributed by atoms with Crippen LogP contribution in [0.25, 0.3) is 0 Å². The van der Waals surface area contributed by atoms with E-state index in [1.807, 2.05) is 0 Å². The molecule has 1 heteroatoms. The van der Waals surface area contributed by atoms with Crippen LogP contribution in [0.4, 0.5) is 0 Å². The molecule has 102 valence electrons. The van der Waals surface area contributed by atoms with Crippen LogP contribution >= 0.6 is 0 Å². The molecule has 1 nitrogen and oxygen atoms in total. The van der Waals surface area contributed by atoms with Gasteiger partial charge in [0, 0.05) is 0 Å². The van der Waals surface area contributed by atoms with Gasteiger partial charge in [0.15, 0.2) is 0 Å². The van der Waals surface area contributed by atoms with Gasteiger partial charge < -0.3 is 5.11 Å². The smallest absolute Gasteiger partial charge is 0.0790 e. The molecule has 0 aliphatic heterocycles. The van der Waals surface area contributed by atoms with Crippen molar-refractivity contribution in [2.24, 2.45) is 5.41 Å². The lowest BCUT2D eigenvalue weighted by molar-refractivity contribution is 0.147. The molecule has 1 aromatic carbocycles. The molecule has 0 amide bonds. The normalized spacial score (nSPS) is 14.6. The standard InChI is InChI=1S/C17H28O/c1-16(2,3)12-11-15(18)13-7-9-14(10-8-13)17(4,5)6/h7-10,15,18H,11-12H2,1-6H3. The minimum absolute atomic E-state index is 0.175. The van der Waals surface area contributed by atoms with E-state index in [1.54, 1.807) is 0 Å². The van der Waals surface area contributed by atoms with E-state index in [0.717, 1.165) is 18.4 Å². The SMILES string of the molecule is CC(C)(C)CCC(O)c1ccc(C(C)(C)C)cc1. The van der Waals surface area contributed by atoms with Gasteiger partial charge in [-0.25, -0.2) is 0 Å². The molecule has 1 N–H and O–H groups in total. The summed E-state index contributed by atoms with van der Waals surface area (Å²) < 4.78 is 0. The average molecular weight is 248 g/mol. The van der Waals surface area contributed by atoms with Gasteiger partial charge in [-0.05, 0) is 34.8 Å². The van der Waals surface area contributed by atoms with Gasteiger partial charge in [0.2, 0.25) is 0 Å². The summed E-state index contributed by atoms with van der Waals surface area (Å²) in [7, 11) is 0. The third kappa shape index (κ3) is 4.81.